The molecule has 0 spiro atoms. The van der Waals surface area contributed by atoms with Gasteiger partial charge in [0.2, 0.25) is 11.7 Å². The molecule has 0 heterocycles. The average molecular weight is 395 g/mol. The normalized spacial score (nSPS) is 18.0. The molecular weight excluding hydrogens is 366 g/mol. The van der Waals surface area contributed by atoms with Gasteiger partial charge >= 0.3 is 0 Å². The number of hydrogen-bond donors (Lipinski definition) is 0. The number of amides is 1. The number of benzene rings is 2. The summed E-state index contributed by atoms with van der Waals surface area (Å²) < 4.78 is 16.3. The van der Waals surface area contributed by atoms with Crippen molar-refractivity contribution in [2.75, 3.05) is 21.3 Å². The molecular formula is C24H29NO4. The van der Waals surface area contributed by atoms with Crippen molar-refractivity contribution in [1.29, 1.82) is 0 Å². The molecule has 1 amide bonds. The van der Waals surface area contributed by atoms with Gasteiger partial charge in [-0.15, -0.1) is 0 Å². The van der Waals surface area contributed by atoms with Gasteiger partial charge in [0.05, 0.1) is 33.8 Å². The monoisotopic (exact) mass is 395 g/mol. The van der Waals surface area contributed by atoms with Gasteiger partial charge < -0.3 is 19.1 Å². The first-order valence-electron chi connectivity index (χ1n) is 10.3. The molecule has 0 aliphatic heterocycles. The van der Waals surface area contributed by atoms with E-state index in [9.17, 15) is 4.79 Å². The Labute approximate surface area is 172 Å². The summed E-state index contributed by atoms with van der Waals surface area (Å²) in [5.41, 5.74) is 3.58. The number of rotatable bonds is 7. The Morgan fingerprint density at radius 2 is 1.69 bits per heavy atom. The van der Waals surface area contributed by atoms with Crippen molar-refractivity contribution in [3.05, 3.63) is 53.1 Å². The van der Waals surface area contributed by atoms with E-state index in [2.05, 4.69) is 29.2 Å². The fraction of sp³-hybridized carbons (Fsp3) is 0.458. The summed E-state index contributed by atoms with van der Waals surface area (Å²) in [6.07, 6.45) is 5.79. The highest BCUT2D eigenvalue weighted by Crippen LogP contribution is 2.42. The molecule has 1 unspecified atom stereocenters. The average Bonchev–Trinajstić information content (AvgIpc) is 3.58. The number of methoxy groups -OCH3 is 3. The third kappa shape index (κ3) is 3.91. The highest BCUT2D eigenvalue weighted by atomic mass is 16.5. The molecule has 0 aromatic heterocycles. The van der Waals surface area contributed by atoms with Crippen LogP contribution in [0, 0.1) is 0 Å². The number of aryl methyl sites for hydroxylation is 1. The number of ether oxygens (including phenoxy) is 3. The molecule has 1 atom stereocenters. The van der Waals surface area contributed by atoms with Crippen LogP contribution < -0.4 is 14.2 Å². The van der Waals surface area contributed by atoms with Gasteiger partial charge in [0, 0.05) is 6.04 Å². The van der Waals surface area contributed by atoms with Crippen LogP contribution in [0.15, 0.2) is 36.4 Å². The Morgan fingerprint density at radius 1 is 1.00 bits per heavy atom. The van der Waals surface area contributed by atoms with Crippen molar-refractivity contribution >= 4 is 5.91 Å². The van der Waals surface area contributed by atoms with Crippen LogP contribution in [0.4, 0.5) is 0 Å². The van der Waals surface area contributed by atoms with Crippen LogP contribution in [0.25, 0.3) is 0 Å². The first-order chi connectivity index (χ1) is 14.2. The molecule has 1 fully saturated rings. The molecule has 2 aromatic carbocycles. The summed E-state index contributed by atoms with van der Waals surface area (Å²) >= 11 is 0. The van der Waals surface area contributed by atoms with E-state index in [1.54, 1.807) is 21.3 Å². The lowest BCUT2D eigenvalue weighted by Crippen LogP contribution is -2.39. The van der Waals surface area contributed by atoms with Crippen LogP contribution in [0.3, 0.4) is 0 Å². The summed E-state index contributed by atoms with van der Waals surface area (Å²) in [5.74, 6) is 1.88. The summed E-state index contributed by atoms with van der Waals surface area (Å²) in [4.78, 5) is 15.6. The van der Waals surface area contributed by atoms with Crippen LogP contribution in [0.5, 0.6) is 17.2 Å². The van der Waals surface area contributed by atoms with Gasteiger partial charge in [-0.2, -0.15) is 0 Å². The first kappa shape index (κ1) is 19.6. The number of hydrogen-bond acceptors (Lipinski definition) is 4. The lowest BCUT2D eigenvalue weighted by Gasteiger charge is -2.36. The minimum atomic E-state index is 0.170. The molecule has 0 radical (unpaired) electrons. The zero-order valence-corrected chi connectivity index (χ0v) is 17.4. The number of carbonyl (C=O) groups is 1. The molecule has 0 N–H and O–H groups in total. The minimum absolute atomic E-state index is 0.170. The quantitative estimate of drug-likeness (QED) is 0.700. The second-order valence-electron chi connectivity index (χ2n) is 7.85. The maximum absolute atomic E-state index is 13.5. The molecule has 5 heteroatoms. The molecule has 4 rings (SSSR count). The van der Waals surface area contributed by atoms with Crippen LogP contribution >= 0.6 is 0 Å². The lowest BCUT2D eigenvalue weighted by molar-refractivity contribution is -0.134. The smallest absolute Gasteiger partial charge is 0.227 e. The highest BCUT2D eigenvalue weighted by molar-refractivity contribution is 5.80. The van der Waals surface area contributed by atoms with Crippen molar-refractivity contribution in [1.82, 2.24) is 4.90 Å². The van der Waals surface area contributed by atoms with Gasteiger partial charge in [-0.25, -0.2) is 0 Å². The molecule has 2 aromatic rings. The third-order valence-electron chi connectivity index (χ3n) is 5.98. The van der Waals surface area contributed by atoms with Crippen LogP contribution in [0.1, 0.15) is 48.4 Å². The van der Waals surface area contributed by atoms with Crippen molar-refractivity contribution < 1.29 is 19.0 Å². The second-order valence-corrected chi connectivity index (χ2v) is 7.85. The van der Waals surface area contributed by atoms with Crippen molar-refractivity contribution in [2.45, 2.75) is 50.6 Å². The molecule has 5 nitrogen and oxygen atoms in total. The summed E-state index contributed by atoms with van der Waals surface area (Å²) in [6, 6.07) is 12.9. The molecule has 2 aliphatic rings. The van der Waals surface area contributed by atoms with E-state index in [1.807, 2.05) is 12.1 Å². The van der Waals surface area contributed by atoms with E-state index < -0.39 is 0 Å². The maximum atomic E-state index is 13.5. The van der Waals surface area contributed by atoms with Crippen LogP contribution in [-0.2, 0) is 17.6 Å². The SMILES string of the molecule is COc1cc(CC(=O)N(C2CC2)C2CCCc3ccccc32)cc(OC)c1OC. The van der Waals surface area contributed by atoms with E-state index in [0.29, 0.717) is 29.7 Å². The summed E-state index contributed by atoms with van der Waals surface area (Å²) in [6.45, 7) is 0. The zero-order chi connectivity index (χ0) is 20.4. The third-order valence-corrected chi connectivity index (χ3v) is 5.98. The van der Waals surface area contributed by atoms with E-state index in [4.69, 9.17) is 14.2 Å². The minimum Gasteiger partial charge on any atom is -0.493 e. The van der Waals surface area contributed by atoms with Gasteiger partial charge in [-0.3, -0.25) is 4.79 Å². The van der Waals surface area contributed by atoms with E-state index in [-0.39, 0.29) is 11.9 Å². The van der Waals surface area contributed by atoms with Crippen molar-refractivity contribution in [2.24, 2.45) is 0 Å². The van der Waals surface area contributed by atoms with E-state index >= 15 is 0 Å². The van der Waals surface area contributed by atoms with Crippen LogP contribution in [-0.4, -0.2) is 38.2 Å². The summed E-state index contributed by atoms with van der Waals surface area (Å²) in [5, 5.41) is 0. The summed E-state index contributed by atoms with van der Waals surface area (Å²) in [7, 11) is 4.78. The molecule has 154 valence electrons. The topological polar surface area (TPSA) is 48.0 Å². The van der Waals surface area contributed by atoms with Gasteiger partial charge in [-0.05, 0) is 60.9 Å². The number of nitrogens with zero attached hydrogens (tertiary/aromatic N) is 1. The Bertz CT molecular complexity index is 865. The standard InChI is InChI=1S/C24H29NO4/c1-27-21-13-16(14-22(28-2)24(21)29-3)15-23(26)25(18-11-12-18)20-10-6-8-17-7-4-5-9-19(17)20/h4-5,7,9,13-14,18,20H,6,8,10-12,15H2,1-3H3. The van der Waals surface area contributed by atoms with Crippen LogP contribution in [0.2, 0.25) is 0 Å². The maximum Gasteiger partial charge on any atom is 0.227 e. The second kappa shape index (κ2) is 8.36. The predicted molar refractivity (Wildman–Crippen MR) is 112 cm³/mol. The Morgan fingerprint density at radius 3 is 2.31 bits per heavy atom. The van der Waals surface area contributed by atoms with E-state index in [0.717, 1.165) is 37.7 Å². The van der Waals surface area contributed by atoms with E-state index in [1.165, 1.54) is 11.1 Å². The zero-order valence-electron chi connectivity index (χ0n) is 17.4. The predicted octanol–water partition coefficient (Wildman–Crippen LogP) is 4.32. The largest absolute Gasteiger partial charge is 0.493 e. The molecule has 2 aliphatic carbocycles. The van der Waals surface area contributed by atoms with Gasteiger partial charge in [-0.1, -0.05) is 24.3 Å². The highest BCUT2D eigenvalue weighted by Gasteiger charge is 2.39. The fourth-order valence-corrected chi connectivity index (χ4v) is 4.51. The van der Waals surface area contributed by atoms with Gasteiger partial charge in [0.15, 0.2) is 11.5 Å². The Hall–Kier alpha value is -2.69. The first-order valence-corrected chi connectivity index (χ1v) is 10.3. The molecule has 1 saturated carbocycles. The number of fused-ring (bicyclic) bond motifs is 1. The number of carbonyl (C=O) groups excluding carboxylic acids is 1. The Kier molecular flexibility index (Phi) is 5.65. The fourth-order valence-electron chi connectivity index (χ4n) is 4.51. The molecule has 0 bridgehead atoms. The van der Waals surface area contributed by atoms with Gasteiger partial charge in [0.1, 0.15) is 0 Å². The Balaban J connectivity index is 1.62. The lowest BCUT2D eigenvalue weighted by atomic mass is 9.86. The van der Waals surface area contributed by atoms with Crippen molar-refractivity contribution in [3.8, 4) is 17.2 Å². The molecule has 0 saturated heterocycles. The molecule has 29 heavy (non-hydrogen) atoms. The van der Waals surface area contributed by atoms with Gasteiger partial charge in [0.25, 0.3) is 0 Å². The van der Waals surface area contributed by atoms with Crippen molar-refractivity contribution in [3.63, 3.8) is 0 Å².